The van der Waals surface area contributed by atoms with Crippen molar-refractivity contribution < 1.29 is 14.3 Å². The summed E-state index contributed by atoms with van der Waals surface area (Å²) < 4.78 is 10.5. The van der Waals surface area contributed by atoms with Gasteiger partial charge in [-0.15, -0.1) is 0 Å². The molecule has 1 aliphatic rings. The quantitative estimate of drug-likeness (QED) is 0.789. The Morgan fingerprint density at radius 1 is 1.63 bits per heavy atom. The standard InChI is InChI=1S/C13H19N3O3/c1-18-13-3-2-10(8-16-13)7-15-12(17)6-11-9-14-4-5-19-11/h2-3,8,11,14H,4-7,9H2,1H3,(H,15,17). The first kappa shape index (κ1) is 13.8. The van der Waals surface area contributed by atoms with E-state index in [4.69, 9.17) is 9.47 Å². The van der Waals surface area contributed by atoms with Gasteiger partial charge in [0.25, 0.3) is 0 Å². The fraction of sp³-hybridized carbons (Fsp3) is 0.538. The number of morpholine rings is 1. The average molecular weight is 265 g/mol. The van der Waals surface area contributed by atoms with Gasteiger partial charge in [-0.2, -0.15) is 0 Å². The van der Waals surface area contributed by atoms with E-state index in [1.807, 2.05) is 6.07 Å². The number of hydrogen-bond donors (Lipinski definition) is 2. The fourth-order valence-corrected chi connectivity index (χ4v) is 1.87. The van der Waals surface area contributed by atoms with Crippen molar-refractivity contribution in [1.82, 2.24) is 15.6 Å². The fourth-order valence-electron chi connectivity index (χ4n) is 1.87. The minimum atomic E-state index is -0.0252. The Hall–Kier alpha value is -1.66. The van der Waals surface area contributed by atoms with Crippen LogP contribution in [0.1, 0.15) is 12.0 Å². The summed E-state index contributed by atoms with van der Waals surface area (Å²) in [5.41, 5.74) is 0.942. The van der Waals surface area contributed by atoms with Gasteiger partial charge < -0.3 is 20.1 Å². The molecule has 104 valence electrons. The van der Waals surface area contributed by atoms with Crippen molar-refractivity contribution in [2.45, 2.75) is 19.1 Å². The Labute approximate surface area is 112 Å². The lowest BCUT2D eigenvalue weighted by molar-refractivity contribution is -0.124. The number of hydrogen-bond acceptors (Lipinski definition) is 5. The molecule has 1 amide bonds. The van der Waals surface area contributed by atoms with Crippen molar-refractivity contribution in [1.29, 1.82) is 0 Å². The molecule has 0 bridgehead atoms. The number of carbonyl (C=O) groups is 1. The van der Waals surface area contributed by atoms with Crippen LogP contribution in [0.3, 0.4) is 0 Å². The number of nitrogens with zero attached hydrogens (tertiary/aromatic N) is 1. The molecule has 2 N–H and O–H groups in total. The van der Waals surface area contributed by atoms with Gasteiger partial charge in [0.15, 0.2) is 0 Å². The molecule has 1 unspecified atom stereocenters. The Morgan fingerprint density at radius 2 is 2.53 bits per heavy atom. The molecule has 1 aliphatic heterocycles. The molecule has 0 aromatic carbocycles. The molecular formula is C13H19N3O3. The second-order valence-electron chi connectivity index (χ2n) is 4.39. The van der Waals surface area contributed by atoms with E-state index >= 15 is 0 Å². The highest BCUT2D eigenvalue weighted by molar-refractivity contribution is 5.76. The Kier molecular flexibility index (Phi) is 5.11. The third-order valence-corrected chi connectivity index (χ3v) is 2.91. The van der Waals surface area contributed by atoms with Crippen LogP contribution in [0.2, 0.25) is 0 Å². The summed E-state index contributed by atoms with van der Waals surface area (Å²) in [6, 6.07) is 3.65. The molecule has 6 heteroatoms. The van der Waals surface area contributed by atoms with Crippen molar-refractivity contribution in [2.75, 3.05) is 26.8 Å². The molecule has 1 fully saturated rings. The number of pyridine rings is 1. The number of aromatic nitrogens is 1. The van der Waals surface area contributed by atoms with E-state index in [1.54, 1.807) is 19.4 Å². The van der Waals surface area contributed by atoms with E-state index in [0.29, 0.717) is 25.5 Å². The first-order valence-electron chi connectivity index (χ1n) is 6.36. The lowest BCUT2D eigenvalue weighted by Crippen LogP contribution is -2.41. The van der Waals surface area contributed by atoms with Crippen LogP contribution in [0.4, 0.5) is 0 Å². The second-order valence-corrected chi connectivity index (χ2v) is 4.39. The molecule has 0 spiro atoms. The predicted molar refractivity (Wildman–Crippen MR) is 69.9 cm³/mol. The van der Waals surface area contributed by atoms with Crippen molar-refractivity contribution in [2.24, 2.45) is 0 Å². The number of nitrogens with one attached hydrogen (secondary N) is 2. The van der Waals surface area contributed by atoms with Crippen LogP contribution in [0.15, 0.2) is 18.3 Å². The van der Waals surface area contributed by atoms with Gasteiger partial charge in [0.2, 0.25) is 11.8 Å². The Balaban J connectivity index is 1.72. The second kappa shape index (κ2) is 7.06. The molecule has 2 heterocycles. The van der Waals surface area contributed by atoms with Crippen molar-refractivity contribution in [3.05, 3.63) is 23.9 Å². The summed E-state index contributed by atoms with van der Waals surface area (Å²) in [6.45, 7) is 2.73. The van der Waals surface area contributed by atoms with E-state index in [1.165, 1.54) is 0 Å². The highest BCUT2D eigenvalue weighted by Crippen LogP contribution is 2.06. The van der Waals surface area contributed by atoms with Gasteiger partial charge in [0, 0.05) is 31.9 Å². The highest BCUT2D eigenvalue weighted by atomic mass is 16.5. The molecule has 0 radical (unpaired) electrons. The Bertz CT molecular complexity index is 402. The van der Waals surface area contributed by atoms with Gasteiger partial charge in [-0.05, 0) is 5.56 Å². The molecule has 19 heavy (non-hydrogen) atoms. The van der Waals surface area contributed by atoms with Crippen LogP contribution in [-0.4, -0.2) is 43.8 Å². The molecule has 0 aliphatic carbocycles. The van der Waals surface area contributed by atoms with E-state index < -0.39 is 0 Å². The van der Waals surface area contributed by atoms with Gasteiger partial charge in [-0.3, -0.25) is 4.79 Å². The minimum Gasteiger partial charge on any atom is -0.481 e. The van der Waals surface area contributed by atoms with E-state index in [2.05, 4.69) is 15.6 Å². The SMILES string of the molecule is COc1ccc(CNC(=O)CC2CNCCO2)cn1. The zero-order valence-electron chi connectivity index (χ0n) is 11.0. The van der Waals surface area contributed by atoms with Gasteiger partial charge >= 0.3 is 0 Å². The van der Waals surface area contributed by atoms with Crippen molar-refractivity contribution in [3.63, 3.8) is 0 Å². The predicted octanol–water partition coefficient (Wildman–Crippen LogP) is 0.0849. The monoisotopic (exact) mass is 265 g/mol. The molecule has 1 aromatic heterocycles. The van der Waals surface area contributed by atoms with Crippen LogP contribution in [0.5, 0.6) is 5.88 Å². The number of rotatable bonds is 5. The lowest BCUT2D eigenvalue weighted by Gasteiger charge is -2.23. The van der Waals surface area contributed by atoms with E-state index in [-0.39, 0.29) is 12.0 Å². The van der Waals surface area contributed by atoms with E-state index in [9.17, 15) is 4.79 Å². The van der Waals surface area contributed by atoms with Crippen LogP contribution < -0.4 is 15.4 Å². The normalized spacial score (nSPS) is 18.9. The third-order valence-electron chi connectivity index (χ3n) is 2.91. The van der Waals surface area contributed by atoms with Gasteiger partial charge in [0.1, 0.15) is 0 Å². The number of carbonyl (C=O) groups excluding carboxylic acids is 1. The maximum atomic E-state index is 11.7. The summed E-state index contributed by atoms with van der Waals surface area (Å²) in [5, 5.41) is 6.05. The van der Waals surface area contributed by atoms with Crippen LogP contribution in [0, 0.1) is 0 Å². The largest absolute Gasteiger partial charge is 0.481 e. The lowest BCUT2D eigenvalue weighted by atomic mass is 10.2. The molecule has 0 saturated carbocycles. The maximum absolute atomic E-state index is 11.7. The average Bonchev–Trinajstić information content (AvgIpc) is 2.47. The minimum absolute atomic E-state index is 0.00971. The van der Waals surface area contributed by atoms with Crippen LogP contribution in [0.25, 0.3) is 0 Å². The van der Waals surface area contributed by atoms with E-state index in [0.717, 1.165) is 18.7 Å². The zero-order chi connectivity index (χ0) is 13.5. The first-order valence-corrected chi connectivity index (χ1v) is 6.36. The summed E-state index contributed by atoms with van der Waals surface area (Å²) in [6.07, 6.45) is 2.05. The third kappa shape index (κ3) is 4.50. The first-order chi connectivity index (χ1) is 9.28. The topological polar surface area (TPSA) is 72.5 Å². The molecule has 2 rings (SSSR count). The summed E-state index contributed by atoms with van der Waals surface area (Å²) >= 11 is 0. The van der Waals surface area contributed by atoms with Gasteiger partial charge in [-0.25, -0.2) is 4.98 Å². The molecular weight excluding hydrogens is 246 g/mol. The van der Waals surface area contributed by atoms with Gasteiger partial charge in [-0.1, -0.05) is 6.07 Å². The van der Waals surface area contributed by atoms with Crippen LogP contribution >= 0.6 is 0 Å². The number of amides is 1. The molecule has 1 saturated heterocycles. The van der Waals surface area contributed by atoms with Gasteiger partial charge in [0.05, 0.1) is 26.2 Å². The number of ether oxygens (including phenoxy) is 2. The summed E-state index contributed by atoms with van der Waals surface area (Å²) in [4.78, 5) is 15.8. The highest BCUT2D eigenvalue weighted by Gasteiger charge is 2.16. The van der Waals surface area contributed by atoms with Crippen LogP contribution in [-0.2, 0) is 16.1 Å². The van der Waals surface area contributed by atoms with Crippen molar-refractivity contribution in [3.8, 4) is 5.88 Å². The zero-order valence-corrected chi connectivity index (χ0v) is 11.0. The summed E-state index contributed by atoms with van der Waals surface area (Å²) in [5.74, 6) is 0.557. The molecule has 6 nitrogen and oxygen atoms in total. The molecule has 1 aromatic rings. The van der Waals surface area contributed by atoms with Crippen molar-refractivity contribution >= 4 is 5.91 Å². The number of methoxy groups -OCH3 is 1. The maximum Gasteiger partial charge on any atom is 0.222 e. The molecule has 1 atom stereocenters. The smallest absolute Gasteiger partial charge is 0.222 e. The Morgan fingerprint density at radius 3 is 3.16 bits per heavy atom. The summed E-state index contributed by atoms with van der Waals surface area (Å²) in [7, 11) is 1.57.